The Labute approximate surface area is 127 Å². The maximum Gasteiger partial charge on any atom is 0.239 e. The zero-order valence-corrected chi connectivity index (χ0v) is 13.4. The molecule has 2 rings (SSSR count). The minimum absolute atomic E-state index is 0.118. The number of nitrogens with two attached hydrogens (primary N) is 1. The van der Waals surface area contributed by atoms with Crippen molar-refractivity contribution in [3.8, 4) is 0 Å². The van der Waals surface area contributed by atoms with E-state index in [1.807, 2.05) is 12.1 Å². The standard InChI is InChI=1S/C17H27N3O/c1-17(2,3)14-7-5-13(6-8-14)15(16(18)21)20-11-4-9-19-10-12-20/h5-8,15,19H,4,9-12H2,1-3H3,(H2,18,21). The lowest BCUT2D eigenvalue weighted by Gasteiger charge is -2.29. The molecule has 4 heteroatoms. The molecule has 3 N–H and O–H groups in total. The van der Waals surface area contributed by atoms with Crippen LogP contribution in [0.15, 0.2) is 24.3 Å². The van der Waals surface area contributed by atoms with Crippen LogP contribution in [0.4, 0.5) is 0 Å². The van der Waals surface area contributed by atoms with Crippen LogP contribution in [0, 0.1) is 0 Å². The van der Waals surface area contributed by atoms with Gasteiger partial charge in [-0.3, -0.25) is 9.69 Å². The van der Waals surface area contributed by atoms with Gasteiger partial charge in [-0.05, 0) is 29.5 Å². The van der Waals surface area contributed by atoms with E-state index in [1.54, 1.807) is 0 Å². The Balaban J connectivity index is 2.23. The van der Waals surface area contributed by atoms with Gasteiger partial charge >= 0.3 is 0 Å². The van der Waals surface area contributed by atoms with Crippen LogP contribution in [0.1, 0.15) is 44.4 Å². The van der Waals surface area contributed by atoms with Gasteiger partial charge in [-0.1, -0.05) is 45.0 Å². The molecule has 0 aliphatic carbocycles. The van der Waals surface area contributed by atoms with E-state index >= 15 is 0 Å². The van der Waals surface area contributed by atoms with Crippen molar-refractivity contribution in [1.82, 2.24) is 10.2 Å². The molecule has 1 aromatic rings. The lowest BCUT2D eigenvalue weighted by atomic mass is 9.86. The topological polar surface area (TPSA) is 58.4 Å². The highest BCUT2D eigenvalue weighted by Gasteiger charge is 2.26. The van der Waals surface area contributed by atoms with Crippen molar-refractivity contribution in [3.05, 3.63) is 35.4 Å². The Morgan fingerprint density at radius 2 is 1.86 bits per heavy atom. The number of hydrogen-bond acceptors (Lipinski definition) is 3. The predicted octanol–water partition coefficient (Wildman–Crippen LogP) is 1.81. The van der Waals surface area contributed by atoms with Gasteiger partial charge in [0, 0.05) is 19.6 Å². The van der Waals surface area contributed by atoms with E-state index in [-0.39, 0.29) is 17.4 Å². The maximum absolute atomic E-state index is 12.0. The molecule has 1 saturated heterocycles. The minimum Gasteiger partial charge on any atom is -0.368 e. The van der Waals surface area contributed by atoms with Crippen molar-refractivity contribution in [3.63, 3.8) is 0 Å². The first-order valence-corrected chi connectivity index (χ1v) is 7.74. The van der Waals surface area contributed by atoms with Crippen LogP contribution >= 0.6 is 0 Å². The summed E-state index contributed by atoms with van der Waals surface area (Å²) >= 11 is 0. The van der Waals surface area contributed by atoms with E-state index in [4.69, 9.17) is 5.73 Å². The second-order valence-corrected chi connectivity index (χ2v) is 6.82. The van der Waals surface area contributed by atoms with E-state index < -0.39 is 0 Å². The number of nitrogens with one attached hydrogen (secondary N) is 1. The lowest BCUT2D eigenvalue weighted by molar-refractivity contribution is -0.123. The summed E-state index contributed by atoms with van der Waals surface area (Å²) in [5.74, 6) is -0.264. The number of nitrogens with zero attached hydrogens (tertiary/aromatic N) is 1. The van der Waals surface area contributed by atoms with Crippen molar-refractivity contribution < 1.29 is 4.79 Å². The Morgan fingerprint density at radius 3 is 2.43 bits per heavy atom. The van der Waals surface area contributed by atoms with E-state index in [1.165, 1.54) is 5.56 Å². The summed E-state index contributed by atoms with van der Waals surface area (Å²) in [5.41, 5.74) is 8.06. The molecule has 1 fully saturated rings. The van der Waals surface area contributed by atoms with E-state index in [0.717, 1.165) is 38.2 Å². The summed E-state index contributed by atoms with van der Waals surface area (Å²) in [7, 11) is 0. The molecule has 1 heterocycles. The van der Waals surface area contributed by atoms with Gasteiger partial charge in [0.05, 0.1) is 0 Å². The Hall–Kier alpha value is -1.39. The largest absolute Gasteiger partial charge is 0.368 e. The Kier molecular flexibility index (Phi) is 5.01. The van der Waals surface area contributed by atoms with Crippen LogP contribution in [-0.4, -0.2) is 37.0 Å². The molecular weight excluding hydrogens is 262 g/mol. The van der Waals surface area contributed by atoms with Crippen LogP contribution in [-0.2, 0) is 10.2 Å². The molecule has 116 valence electrons. The summed E-state index contributed by atoms with van der Waals surface area (Å²) in [5, 5.41) is 3.36. The van der Waals surface area contributed by atoms with Gasteiger partial charge < -0.3 is 11.1 Å². The molecule has 1 aliphatic rings. The summed E-state index contributed by atoms with van der Waals surface area (Å²) < 4.78 is 0. The van der Waals surface area contributed by atoms with Gasteiger partial charge in [-0.2, -0.15) is 0 Å². The van der Waals surface area contributed by atoms with Crippen molar-refractivity contribution >= 4 is 5.91 Å². The normalized spacial score (nSPS) is 19.0. The van der Waals surface area contributed by atoms with Crippen LogP contribution < -0.4 is 11.1 Å². The minimum atomic E-state index is -0.320. The molecule has 1 aliphatic heterocycles. The molecule has 1 amide bonds. The van der Waals surface area contributed by atoms with Gasteiger partial charge in [0.25, 0.3) is 0 Å². The van der Waals surface area contributed by atoms with E-state index in [0.29, 0.717) is 0 Å². The number of hydrogen-bond donors (Lipinski definition) is 2. The third kappa shape index (κ3) is 4.05. The smallest absolute Gasteiger partial charge is 0.239 e. The van der Waals surface area contributed by atoms with Crippen LogP contribution in [0.25, 0.3) is 0 Å². The first-order chi connectivity index (χ1) is 9.89. The lowest BCUT2D eigenvalue weighted by Crippen LogP contribution is -2.39. The first-order valence-electron chi connectivity index (χ1n) is 7.74. The number of benzene rings is 1. The molecule has 1 aromatic carbocycles. The predicted molar refractivity (Wildman–Crippen MR) is 86.1 cm³/mol. The average Bonchev–Trinajstić information content (AvgIpc) is 2.67. The second kappa shape index (κ2) is 6.58. The van der Waals surface area contributed by atoms with Crippen molar-refractivity contribution in [2.24, 2.45) is 5.73 Å². The van der Waals surface area contributed by atoms with Crippen molar-refractivity contribution in [2.75, 3.05) is 26.2 Å². The molecule has 4 nitrogen and oxygen atoms in total. The van der Waals surface area contributed by atoms with Crippen LogP contribution in [0.5, 0.6) is 0 Å². The average molecular weight is 289 g/mol. The summed E-state index contributed by atoms with van der Waals surface area (Å²) in [6, 6.07) is 8.00. The van der Waals surface area contributed by atoms with E-state index in [2.05, 4.69) is 43.1 Å². The third-order valence-corrected chi connectivity index (χ3v) is 4.10. The van der Waals surface area contributed by atoms with E-state index in [9.17, 15) is 4.79 Å². The summed E-state index contributed by atoms with van der Waals surface area (Å²) in [4.78, 5) is 14.1. The highest BCUT2D eigenvalue weighted by atomic mass is 16.1. The van der Waals surface area contributed by atoms with Crippen LogP contribution in [0.3, 0.4) is 0 Å². The maximum atomic E-state index is 12.0. The molecule has 1 unspecified atom stereocenters. The van der Waals surface area contributed by atoms with Gasteiger partial charge in [-0.25, -0.2) is 0 Å². The zero-order chi connectivity index (χ0) is 15.5. The summed E-state index contributed by atoms with van der Waals surface area (Å²) in [6.45, 7) is 10.2. The number of primary amides is 1. The van der Waals surface area contributed by atoms with Gasteiger partial charge in [0.1, 0.15) is 6.04 Å². The van der Waals surface area contributed by atoms with Gasteiger partial charge in [0.15, 0.2) is 0 Å². The molecule has 0 aromatic heterocycles. The van der Waals surface area contributed by atoms with Gasteiger partial charge in [-0.15, -0.1) is 0 Å². The fourth-order valence-corrected chi connectivity index (χ4v) is 2.85. The first kappa shape index (κ1) is 16.0. The fraction of sp³-hybridized carbons (Fsp3) is 0.588. The second-order valence-electron chi connectivity index (χ2n) is 6.82. The monoisotopic (exact) mass is 289 g/mol. The Bertz CT molecular complexity index is 468. The molecule has 21 heavy (non-hydrogen) atoms. The highest BCUT2D eigenvalue weighted by molar-refractivity contribution is 5.81. The summed E-state index contributed by atoms with van der Waals surface area (Å²) in [6.07, 6.45) is 1.05. The number of carbonyl (C=O) groups is 1. The quantitative estimate of drug-likeness (QED) is 0.892. The molecule has 0 radical (unpaired) electrons. The SMILES string of the molecule is CC(C)(C)c1ccc(C(C(N)=O)N2CCCNCC2)cc1. The molecule has 0 spiro atoms. The Morgan fingerprint density at radius 1 is 1.19 bits per heavy atom. The number of amides is 1. The molecule has 0 bridgehead atoms. The van der Waals surface area contributed by atoms with Crippen LogP contribution in [0.2, 0.25) is 0 Å². The molecular formula is C17H27N3O. The molecule has 0 saturated carbocycles. The van der Waals surface area contributed by atoms with Gasteiger partial charge in [0.2, 0.25) is 5.91 Å². The van der Waals surface area contributed by atoms with Crippen molar-refractivity contribution in [2.45, 2.75) is 38.6 Å². The van der Waals surface area contributed by atoms with Crippen molar-refractivity contribution in [1.29, 1.82) is 0 Å². The number of rotatable bonds is 3. The molecule has 1 atom stereocenters. The number of carbonyl (C=O) groups excluding carboxylic acids is 1. The third-order valence-electron chi connectivity index (χ3n) is 4.10. The fourth-order valence-electron chi connectivity index (χ4n) is 2.85. The zero-order valence-electron chi connectivity index (χ0n) is 13.4. The highest BCUT2D eigenvalue weighted by Crippen LogP contribution is 2.26.